The maximum atomic E-state index is 8.70. The van der Waals surface area contributed by atoms with Crippen molar-refractivity contribution >= 4 is 11.3 Å². The Hall–Kier alpha value is -1.70. The standard InChI is InChI=1S/C13H13N3S/c14-8-12-3-4-13(17-12)10-16-7-5-11-2-1-6-15-9-11/h1-4,6,9,16H,5,7,10H2. The first-order valence-corrected chi connectivity index (χ1v) is 6.28. The van der Waals surface area contributed by atoms with Crippen LogP contribution in [0.3, 0.4) is 0 Å². The third-order valence-electron chi connectivity index (χ3n) is 2.38. The number of aromatic nitrogens is 1. The molecule has 2 heterocycles. The van der Waals surface area contributed by atoms with Gasteiger partial charge in [-0.05, 0) is 36.7 Å². The van der Waals surface area contributed by atoms with Crippen LogP contribution in [0.1, 0.15) is 15.3 Å². The number of nitriles is 1. The summed E-state index contributed by atoms with van der Waals surface area (Å²) < 4.78 is 0. The van der Waals surface area contributed by atoms with Gasteiger partial charge in [0.15, 0.2) is 0 Å². The molecule has 3 nitrogen and oxygen atoms in total. The molecule has 0 aromatic carbocycles. The van der Waals surface area contributed by atoms with E-state index in [1.54, 1.807) is 17.5 Å². The number of nitrogens with one attached hydrogen (secondary N) is 1. The van der Waals surface area contributed by atoms with E-state index in [-0.39, 0.29) is 0 Å². The molecular formula is C13H13N3S. The highest BCUT2D eigenvalue weighted by molar-refractivity contribution is 7.12. The summed E-state index contributed by atoms with van der Waals surface area (Å²) in [7, 11) is 0. The van der Waals surface area contributed by atoms with Crippen molar-refractivity contribution in [3.8, 4) is 6.07 Å². The maximum absolute atomic E-state index is 8.70. The zero-order chi connectivity index (χ0) is 11.9. The lowest BCUT2D eigenvalue weighted by molar-refractivity contribution is 0.692. The zero-order valence-corrected chi connectivity index (χ0v) is 10.2. The van der Waals surface area contributed by atoms with E-state index >= 15 is 0 Å². The minimum atomic E-state index is 0.772. The molecule has 1 N–H and O–H groups in total. The Bertz CT molecular complexity index is 499. The molecule has 0 radical (unpaired) electrons. The molecule has 0 saturated carbocycles. The van der Waals surface area contributed by atoms with Crippen molar-refractivity contribution in [1.29, 1.82) is 5.26 Å². The Balaban J connectivity index is 1.72. The Morgan fingerprint density at radius 2 is 2.29 bits per heavy atom. The molecule has 0 spiro atoms. The zero-order valence-electron chi connectivity index (χ0n) is 9.39. The topological polar surface area (TPSA) is 48.7 Å². The fourth-order valence-corrected chi connectivity index (χ4v) is 2.30. The Kier molecular flexibility index (Phi) is 4.25. The molecule has 0 unspecified atom stereocenters. The van der Waals surface area contributed by atoms with Crippen molar-refractivity contribution in [3.63, 3.8) is 0 Å². The van der Waals surface area contributed by atoms with Crippen molar-refractivity contribution in [2.75, 3.05) is 6.54 Å². The fourth-order valence-electron chi connectivity index (χ4n) is 1.52. The molecular weight excluding hydrogens is 230 g/mol. The molecule has 2 rings (SSSR count). The predicted molar refractivity (Wildman–Crippen MR) is 68.7 cm³/mol. The molecule has 0 aliphatic heterocycles. The average molecular weight is 243 g/mol. The van der Waals surface area contributed by atoms with Gasteiger partial charge >= 0.3 is 0 Å². The maximum Gasteiger partial charge on any atom is 0.110 e. The lowest BCUT2D eigenvalue weighted by atomic mass is 10.2. The van der Waals surface area contributed by atoms with Crippen LogP contribution in [0, 0.1) is 11.3 Å². The minimum Gasteiger partial charge on any atom is -0.312 e. The largest absolute Gasteiger partial charge is 0.312 e. The predicted octanol–water partition coefficient (Wildman–Crippen LogP) is 2.35. The van der Waals surface area contributed by atoms with Gasteiger partial charge in [-0.15, -0.1) is 11.3 Å². The summed E-state index contributed by atoms with van der Waals surface area (Å²) in [5.41, 5.74) is 1.24. The summed E-state index contributed by atoms with van der Waals surface area (Å²) in [4.78, 5) is 6.05. The third-order valence-corrected chi connectivity index (χ3v) is 3.37. The number of hydrogen-bond donors (Lipinski definition) is 1. The van der Waals surface area contributed by atoms with Crippen LogP contribution >= 0.6 is 11.3 Å². The molecule has 0 aliphatic rings. The SMILES string of the molecule is N#Cc1ccc(CNCCc2cccnc2)s1. The van der Waals surface area contributed by atoms with Crippen LogP contribution in [-0.4, -0.2) is 11.5 Å². The van der Waals surface area contributed by atoms with Gasteiger partial charge in [-0.2, -0.15) is 5.26 Å². The summed E-state index contributed by atoms with van der Waals surface area (Å²) in [6.45, 7) is 1.75. The second-order valence-corrected chi connectivity index (χ2v) is 4.83. The summed E-state index contributed by atoms with van der Waals surface area (Å²) in [6, 6.07) is 10.0. The third kappa shape index (κ3) is 3.66. The summed E-state index contributed by atoms with van der Waals surface area (Å²) >= 11 is 1.54. The highest BCUT2D eigenvalue weighted by Crippen LogP contribution is 2.14. The van der Waals surface area contributed by atoms with Gasteiger partial charge in [0.05, 0.1) is 0 Å². The van der Waals surface area contributed by atoms with Crippen LogP contribution in [0.5, 0.6) is 0 Å². The van der Waals surface area contributed by atoms with Gasteiger partial charge in [0.1, 0.15) is 10.9 Å². The lowest BCUT2D eigenvalue weighted by Gasteiger charge is -2.02. The number of thiophene rings is 1. The van der Waals surface area contributed by atoms with E-state index in [4.69, 9.17) is 5.26 Å². The molecule has 0 atom stereocenters. The van der Waals surface area contributed by atoms with E-state index in [9.17, 15) is 0 Å². The van der Waals surface area contributed by atoms with E-state index in [0.717, 1.165) is 24.4 Å². The van der Waals surface area contributed by atoms with Crippen LogP contribution < -0.4 is 5.32 Å². The number of rotatable bonds is 5. The lowest BCUT2D eigenvalue weighted by Crippen LogP contribution is -2.15. The van der Waals surface area contributed by atoms with Gasteiger partial charge < -0.3 is 5.32 Å². The van der Waals surface area contributed by atoms with Crippen molar-refractivity contribution < 1.29 is 0 Å². The quantitative estimate of drug-likeness (QED) is 0.820. The van der Waals surface area contributed by atoms with Crippen LogP contribution in [0.15, 0.2) is 36.7 Å². The molecule has 86 valence electrons. The second-order valence-electron chi connectivity index (χ2n) is 3.67. The number of nitrogens with zero attached hydrogens (tertiary/aromatic N) is 2. The molecule has 2 aromatic rings. The smallest absolute Gasteiger partial charge is 0.110 e. The van der Waals surface area contributed by atoms with Crippen molar-refractivity contribution in [2.24, 2.45) is 0 Å². The molecule has 0 saturated heterocycles. The monoisotopic (exact) mass is 243 g/mol. The van der Waals surface area contributed by atoms with Crippen LogP contribution in [0.25, 0.3) is 0 Å². The van der Waals surface area contributed by atoms with Crippen molar-refractivity contribution in [3.05, 3.63) is 52.0 Å². The van der Waals surface area contributed by atoms with E-state index in [1.807, 2.05) is 24.4 Å². The molecule has 17 heavy (non-hydrogen) atoms. The van der Waals surface area contributed by atoms with Gasteiger partial charge in [0, 0.05) is 23.8 Å². The fraction of sp³-hybridized carbons (Fsp3) is 0.231. The highest BCUT2D eigenvalue weighted by Gasteiger charge is 1.98. The number of pyridine rings is 1. The molecule has 0 bridgehead atoms. The minimum absolute atomic E-state index is 0.772. The first-order valence-electron chi connectivity index (χ1n) is 5.47. The van der Waals surface area contributed by atoms with E-state index in [0.29, 0.717) is 0 Å². The van der Waals surface area contributed by atoms with E-state index < -0.39 is 0 Å². The van der Waals surface area contributed by atoms with Crippen molar-refractivity contribution in [1.82, 2.24) is 10.3 Å². The normalized spacial score (nSPS) is 10.1. The van der Waals surface area contributed by atoms with Crippen LogP contribution in [0.2, 0.25) is 0 Å². The van der Waals surface area contributed by atoms with Gasteiger partial charge in [0.2, 0.25) is 0 Å². The van der Waals surface area contributed by atoms with Crippen molar-refractivity contribution in [2.45, 2.75) is 13.0 Å². The van der Waals surface area contributed by atoms with Gasteiger partial charge in [0.25, 0.3) is 0 Å². The van der Waals surface area contributed by atoms with Crippen LogP contribution in [-0.2, 0) is 13.0 Å². The van der Waals surface area contributed by atoms with E-state index in [1.165, 1.54) is 10.4 Å². The Morgan fingerprint density at radius 1 is 1.35 bits per heavy atom. The Labute approximate surface area is 105 Å². The van der Waals surface area contributed by atoms with E-state index in [2.05, 4.69) is 22.4 Å². The number of hydrogen-bond acceptors (Lipinski definition) is 4. The summed E-state index contributed by atoms with van der Waals surface area (Å²) in [6.07, 6.45) is 4.65. The molecule has 0 amide bonds. The first-order chi connectivity index (χ1) is 8.38. The first kappa shape index (κ1) is 11.8. The van der Waals surface area contributed by atoms with Gasteiger partial charge in [-0.1, -0.05) is 6.07 Å². The summed E-state index contributed by atoms with van der Waals surface area (Å²) in [5.74, 6) is 0. The Morgan fingerprint density at radius 3 is 3.00 bits per heavy atom. The average Bonchev–Trinajstić information content (AvgIpc) is 2.84. The molecule has 2 aromatic heterocycles. The van der Waals surface area contributed by atoms with Gasteiger partial charge in [-0.3, -0.25) is 4.98 Å². The highest BCUT2D eigenvalue weighted by atomic mass is 32.1. The van der Waals surface area contributed by atoms with Gasteiger partial charge in [-0.25, -0.2) is 0 Å². The van der Waals surface area contributed by atoms with Crippen LogP contribution in [0.4, 0.5) is 0 Å². The second kappa shape index (κ2) is 6.14. The summed E-state index contributed by atoms with van der Waals surface area (Å²) in [5, 5.41) is 12.1. The molecule has 0 fully saturated rings. The molecule has 4 heteroatoms. The molecule has 0 aliphatic carbocycles.